The summed E-state index contributed by atoms with van der Waals surface area (Å²) in [6, 6.07) is 0. The lowest BCUT2D eigenvalue weighted by molar-refractivity contribution is -0.0680. The van der Waals surface area contributed by atoms with E-state index in [0.29, 0.717) is 12.8 Å². The molecule has 1 aliphatic carbocycles. The Morgan fingerprint density at radius 1 is 1.44 bits per heavy atom. The molecule has 1 fully saturated rings. The van der Waals surface area contributed by atoms with Crippen molar-refractivity contribution in [2.45, 2.75) is 39.0 Å². The second-order valence-electron chi connectivity index (χ2n) is 3.12. The molecule has 1 saturated carbocycles. The molecule has 9 heavy (non-hydrogen) atoms. The Kier molecular flexibility index (Phi) is 1.30. The van der Waals surface area contributed by atoms with Gasteiger partial charge in [0.2, 0.25) is 0 Å². The first-order valence-corrected chi connectivity index (χ1v) is 3.40. The minimum absolute atomic E-state index is 0.0104. The smallest absolute Gasteiger partial charge is 0.206 e. The van der Waals surface area contributed by atoms with Crippen LogP contribution in [-0.4, -0.2) is 5.92 Å². The highest BCUT2D eigenvalue weighted by atomic mass is 19.3. The summed E-state index contributed by atoms with van der Waals surface area (Å²) >= 11 is 0. The van der Waals surface area contributed by atoms with Gasteiger partial charge in [-0.1, -0.05) is 13.8 Å². The molecular weight excluding hydrogens is 122 g/mol. The van der Waals surface area contributed by atoms with Gasteiger partial charge in [-0.15, -0.1) is 0 Å². The summed E-state index contributed by atoms with van der Waals surface area (Å²) in [6.45, 7) is 3.21. The summed E-state index contributed by atoms with van der Waals surface area (Å²) in [4.78, 5) is 0. The minimum atomic E-state index is -2.41. The van der Waals surface area contributed by atoms with Gasteiger partial charge in [0.15, 0.2) is 0 Å². The van der Waals surface area contributed by atoms with Crippen LogP contribution in [0.15, 0.2) is 0 Å². The molecule has 0 atom stereocenters. The molecule has 0 spiro atoms. The predicted molar refractivity (Wildman–Crippen MR) is 32.6 cm³/mol. The molecule has 0 bridgehead atoms. The van der Waals surface area contributed by atoms with Gasteiger partial charge in [0, 0.05) is 11.8 Å². The summed E-state index contributed by atoms with van der Waals surface area (Å²) in [5.74, 6) is -2.41. The Hall–Kier alpha value is -0.140. The van der Waals surface area contributed by atoms with Crippen molar-refractivity contribution in [3.63, 3.8) is 0 Å². The Balaban J connectivity index is 2.58. The van der Waals surface area contributed by atoms with Gasteiger partial charge in [0.25, 0.3) is 5.92 Å². The van der Waals surface area contributed by atoms with Gasteiger partial charge in [0.05, 0.1) is 0 Å². The van der Waals surface area contributed by atoms with Crippen LogP contribution >= 0.6 is 0 Å². The average molecular weight is 134 g/mol. The fourth-order valence-corrected chi connectivity index (χ4v) is 0.980. The lowest BCUT2D eigenvalue weighted by atomic mass is 9.99. The lowest BCUT2D eigenvalue weighted by Gasteiger charge is -2.20. The summed E-state index contributed by atoms with van der Waals surface area (Å²) in [6.07, 6.45) is 1.39. The fraction of sp³-hybridized carbons (Fsp3) is 1.00. The topological polar surface area (TPSA) is 0 Å². The van der Waals surface area contributed by atoms with E-state index in [2.05, 4.69) is 0 Å². The van der Waals surface area contributed by atoms with Crippen LogP contribution in [0.5, 0.6) is 0 Å². The molecule has 0 aromatic rings. The van der Waals surface area contributed by atoms with E-state index in [-0.39, 0.29) is 6.42 Å². The molecule has 1 rings (SSSR count). The first kappa shape index (κ1) is 6.97. The van der Waals surface area contributed by atoms with Crippen molar-refractivity contribution < 1.29 is 8.78 Å². The van der Waals surface area contributed by atoms with Crippen LogP contribution in [0.25, 0.3) is 0 Å². The Labute approximate surface area is 54.3 Å². The molecule has 0 aliphatic heterocycles. The number of rotatable bonds is 2. The first-order chi connectivity index (χ1) is 4.02. The molecule has 0 amide bonds. The highest BCUT2D eigenvalue weighted by molar-refractivity contribution is 4.99. The standard InChI is InChI=1S/C7H12F2/c1-3-7(8,9)6(2)4-5-6/h3-5H2,1-2H3. The van der Waals surface area contributed by atoms with Gasteiger partial charge in [-0.3, -0.25) is 0 Å². The van der Waals surface area contributed by atoms with Gasteiger partial charge in [-0.2, -0.15) is 0 Å². The van der Waals surface area contributed by atoms with Crippen LogP contribution in [0.4, 0.5) is 8.78 Å². The van der Waals surface area contributed by atoms with Crippen molar-refractivity contribution in [1.29, 1.82) is 0 Å². The molecule has 0 saturated heterocycles. The minimum Gasteiger partial charge on any atom is -0.206 e. The normalized spacial score (nSPS) is 24.0. The zero-order chi connectivity index (χ0) is 7.12. The maximum absolute atomic E-state index is 12.7. The molecule has 0 unspecified atom stereocenters. The SMILES string of the molecule is CCC(F)(F)C1(C)CC1. The van der Waals surface area contributed by atoms with E-state index >= 15 is 0 Å². The van der Waals surface area contributed by atoms with E-state index in [1.54, 1.807) is 13.8 Å². The number of halogens is 2. The van der Waals surface area contributed by atoms with Gasteiger partial charge in [-0.05, 0) is 12.8 Å². The molecule has 0 N–H and O–H groups in total. The van der Waals surface area contributed by atoms with Crippen molar-refractivity contribution >= 4 is 0 Å². The number of hydrogen-bond donors (Lipinski definition) is 0. The second-order valence-corrected chi connectivity index (χ2v) is 3.12. The Bertz CT molecular complexity index is 114. The van der Waals surface area contributed by atoms with Gasteiger partial charge >= 0.3 is 0 Å². The third-order valence-corrected chi connectivity index (χ3v) is 2.33. The van der Waals surface area contributed by atoms with Gasteiger partial charge in [-0.25, -0.2) is 8.78 Å². The molecule has 1 aliphatic rings. The summed E-state index contributed by atoms with van der Waals surface area (Å²) in [5, 5.41) is 0. The predicted octanol–water partition coefficient (Wildman–Crippen LogP) is 2.83. The van der Waals surface area contributed by atoms with Crippen LogP contribution < -0.4 is 0 Å². The van der Waals surface area contributed by atoms with Crippen LogP contribution in [0.3, 0.4) is 0 Å². The molecule has 54 valence electrons. The Morgan fingerprint density at radius 3 is 2.00 bits per heavy atom. The lowest BCUT2D eigenvalue weighted by Crippen LogP contribution is -2.25. The van der Waals surface area contributed by atoms with E-state index in [1.807, 2.05) is 0 Å². The van der Waals surface area contributed by atoms with E-state index in [0.717, 1.165) is 0 Å². The third kappa shape index (κ3) is 0.950. The highest BCUT2D eigenvalue weighted by Crippen LogP contribution is 2.57. The van der Waals surface area contributed by atoms with Gasteiger partial charge in [0.1, 0.15) is 0 Å². The largest absolute Gasteiger partial charge is 0.253 e. The third-order valence-electron chi connectivity index (χ3n) is 2.33. The highest BCUT2D eigenvalue weighted by Gasteiger charge is 2.56. The summed E-state index contributed by atoms with van der Waals surface area (Å²) in [7, 11) is 0. The molecular formula is C7H12F2. The summed E-state index contributed by atoms with van der Waals surface area (Å²) < 4.78 is 25.4. The molecule has 0 radical (unpaired) electrons. The van der Waals surface area contributed by atoms with E-state index in [1.165, 1.54) is 0 Å². The van der Waals surface area contributed by atoms with Crippen molar-refractivity contribution in [2.75, 3.05) is 0 Å². The Morgan fingerprint density at radius 2 is 1.89 bits per heavy atom. The molecule has 0 nitrogen and oxygen atoms in total. The van der Waals surface area contributed by atoms with Crippen LogP contribution in [0.1, 0.15) is 33.1 Å². The maximum Gasteiger partial charge on any atom is 0.253 e. The van der Waals surface area contributed by atoms with Crippen LogP contribution in [-0.2, 0) is 0 Å². The van der Waals surface area contributed by atoms with Crippen LogP contribution in [0.2, 0.25) is 0 Å². The van der Waals surface area contributed by atoms with Crippen molar-refractivity contribution in [2.24, 2.45) is 5.41 Å². The van der Waals surface area contributed by atoms with E-state index in [4.69, 9.17) is 0 Å². The summed E-state index contributed by atoms with van der Waals surface area (Å²) in [5.41, 5.74) is -0.637. The van der Waals surface area contributed by atoms with E-state index < -0.39 is 11.3 Å². The average Bonchev–Trinajstić information content (AvgIpc) is 2.49. The first-order valence-electron chi connectivity index (χ1n) is 3.40. The number of hydrogen-bond acceptors (Lipinski definition) is 0. The maximum atomic E-state index is 12.7. The number of alkyl halides is 2. The quantitative estimate of drug-likeness (QED) is 0.544. The van der Waals surface area contributed by atoms with Gasteiger partial charge < -0.3 is 0 Å². The van der Waals surface area contributed by atoms with Crippen molar-refractivity contribution in [1.82, 2.24) is 0 Å². The second kappa shape index (κ2) is 1.68. The zero-order valence-electron chi connectivity index (χ0n) is 5.88. The van der Waals surface area contributed by atoms with Crippen LogP contribution in [0, 0.1) is 5.41 Å². The molecule has 0 heterocycles. The van der Waals surface area contributed by atoms with E-state index in [9.17, 15) is 8.78 Å². The molecule has 0 aromatic heterocycles. The zero-order valence-corrected chi connectivity index (χ0v) is 5.88. The monoisotopic (exact) mass is 134 g/mol. The van der Waals surface area contributed by atoms with Crippen molar-refractivity contribution in [3.05, 3.63) is 0 Å². The van der Waals surface area contributed by atoms with Crippen molar-refractivity contribution in [3.8, 4) is 0 Å². The molecule has 0 aromatic carbocycles. The molecule has 2 heteroatoms. The fourth-order valence-electron chi connectivity index (χ4n) is 0.980.